The standard InChI is InChI=1S/C25H20N4O3/c1-16-10-19(8-9-26-16)28-25(30)22-12-20-7-6-18(17-4-3-5-21(11-17)31-2)13-29(20)24(22)23-14-32-15-27-23/h3-15H,1-2H3,(H,26,28,30). The maximum absolute atomic E-state index is 13.2. The molecule has 7 nitrogen and oxygen atoms in total. The maximum Gasteiger partial charge on any atom is 0.257 e. The fraction of sp³-hybridized carbons (Fsp3) is 0.0800. The maximum atomic E-state index is 13.2. The zero-order chi connectivity index (χ0) is 22.1. The average molecular weight is 424 g/mol. The Morgan fingerprint density at radius 3 is 2.75 bits per heavy atom. The number of anilines is 1. The van der Waals surface area contributed by atoms with Gasteiger partial charge in [-0.15, -0.1) is 0 Å². The number of nitrogens with zero attached hydrogens (tertiary/aromatic N) is 3. The Kier molecular flexibility index (Phi) is 4.91. The molecule has 0 fully saturated rings. The molecule has 0 spiro atoms. The van der Waals surface area contributed by atoms with Gasteiger partial charge in [0, 0.05) is 29.3 Å². The van der Waals surface area contributed by atoms with Gasteiger partial charge in [0.1, 0.15) is 17.7 Å². The number of methoxy groups -OCH3 is 1. The monoisotopic (exact) mass is 424 g/mol. The molecule has 0 bridgehead atoms. The van der Waals surface area contributed by atoms with Crippen LogP contribution in [-0.2, 0) is 0 Å². The van der Waals surface area contributed by atoms with E-state index < -0.39 is 0 Å². The molecule has 5 rings (SSSR count). The quantitative estimate of drug-likeness (QED) is 0.418. The van der Waals surface area contributed by atoms with E-state index in [9.17, 15) is 4.79 Å². The minimum atomic E-state index is -0.236. The number of nitrogens with one attached hydrogen (secondary N) is 1. The number of aromatic nitrogens is 3. The van der Waals surface area contributed by atoms with Gasteiger partial charge in [-0.1, -0.05) is 18.2 Å². The van der Waals surface area contributed by atoms with Gasteiger partial charge >= 0.3 is 0 Å². The summed E-state index contributed by atoms with van der Waals surface area (Å²) >= 11 is 0. The van der Waals surface area contributed by atoms with Crippen molar-refractivity contribution in [3.8, 4) is 28.3 Å². The molecule has 32 heavy (non-hydrogen) atoms. The van der Waals surface area contributed by atoms with Crippen molar-refractivity contribution < 1.29 is 13.9 Å². The summed E-state index contributed by atoms with van der Waals surface area (Å²) in [6, 6.07) is 17.3. The molecular weight excluding hydrogens is 404 g/mol. The highest BCUT2D eigenvalue weighted by molar-refractivity contribution is 6.09. The molecule has 0 aliphatic carbocycles. The number of oxazole rings is 1. The Morgan fingerprint density at radius 2 is 1.97 bits per heavy atom. The van der Waals surface area contributed by atoms with Crippen molar-refractivity contribution in [1.29, 1.82) is 0 Å². The van der Waals surface area contributed by atoms with Gasteiger partial charge in [-0.2, -0.15) is 0 Å². The van der Waals surface area contributed by atoms with Crippen LogP contribution in [0.5, 0.6) is 5.75 Å². The van der Waals surface area contributed by atoms with Crippen LogP contribution < -0.4 is 10.1 Å². The van der Waals surface area contributed by atoms with E-state index in [4.69, 9.17) is 9.15 Å². The number of benzene rings is 1. The highest BCUT2D eigenvalue weighted by Crippen LogP contribution is 2.31. The Hall–Kier alpha value is -4.39. The van der Waals surface area contributed by atoms with Crippen molar-refractivity contribution in [3.63, 3.8) is 0 Å². The number of carbonyl (C=O) groups is 1. The molecule has 158 valence electrons. The van der Waals surface area contributed by atoms with E-state index in [1.165, 1.54) is 12.7 Å². The molecule has 5 aromatic rings. The zero-order valence-corrected chi connectivity index (χ0v) is 17.6. The number of ether oxygens (including phenoxy) is 1. The Morgan fingerprint density at radius 1 is 1.06 bits per heavy atom. The highest BCUT2D eigenvalue weighted by Gasteiger charge is 2.21. The van der Waals surface area contributed by atoms with Crippen LogP contribution in [0.1, 0.15) is 16.1 Å². The van der Waals surface area contributed by atoms with E-state index in [0.29, 0.717) is 22.6 Å². The molecule has 0 aliphatic heterocycles. The van der Waals surface area contributed by atoms with Gasteiger partial charge in [0.2, 0.25) is 0 Å². The number of hydrogen-bond acceptors (Lipinski definition) is 5. The van der Waals surface area contributed by atoms with Crippen molar-refractivity contribution in [3.05, 3.63) is 90.9 Å². The first kappa shape index (κ1) is 19.6. The summed E-state index contributed by atoms with van der Waals surface area (Å²) in [5.41, 5.74) is 6.08. The zero-order valence-electron chi connectivity index (χ0n) is 17.6. The minimum Gasteiger partial charge on any atom is -0.497 e. The van der Waals surface area contributed by atoms with E-state index in [1.807, 2.05) is 66.1 Å². The van der Waals surface area contributed by atoms with Crippen molar-refractivity contribution in [2.45, 2.75) is 6.92 Å². The number of carbonyl (C=O) groups excluding carboxylic acids is 1. The molecule has 0 atom stereocenters. The first-order valence-electron chi connectivity index (χ1n) is 10.0. The normalized spacial score (nSPS) is 10.9. The van der Waals surface area contributed by atoms with Crippen LogP contribution in [0.2, 0.25) is 0 Å². The summed E-state index contributed by atoms with van der Waals surface area (Å²) in [6.07, 6.45) is 6.55. The van der Waals surface area contributed by atoms with Gasteiger partial charge < -0.3 is 18.9 Å². The summed E-state index contributed by atoms with van der Waals surface area (Å²) in [4.78, 5) is 21.7. The Labute approximate surface area is 184 Å². The summed E-state index contributed by atoms with van der Waals surface area (Å²) in [5.74, 6) is 0.541. The average Bonchev–Trinajstić information content (AvgIpc) is 3.46. The summed E-state index contributed by atoms with van der Waals surface area (Å²) in [7, 11) is 1.64. The molecule has 1 amide bonds. The Bertz CT molecular complexity index is 1420. The third kappa shape index (κ3) is 3.60. The number of fused-ring (bicyclic) bond motifs is 1. The molecule has 1 aromatic carbocycles. The van der Waals surface area contributed by atoms with Gasteiger partial charge in [-0.25, -0.2) is 4.98 Å². The number of rotatable bonds is 5. The molecule has 0 aliphatic rings. The third-order valence-electron chi connectivity index (χ3n) is 5.25. The molecule has 0 saturated heterocycles. The number of aryl methyl sites for hydroxylation is 1. The third-order valence-corrected chi connectivity index (χ3v) is 5.25. The van der Waals surface area contributed by atoms with Gasteiger partial charge in [-0.05, 0) is 54.4 Å². The molecule has 7 heteroatoms. The molecular formula is C25H20N4O3. The van der Waals surface area contributed by atoms with Crippen molar-refractivity contribution in [2.24, 2.45) is 0 Å². The molecule has 0 saturated carbocycles. The molecule has 1 N–H and O–H groups in total. The SMILES string of the molecule is COc1cccc(-c2ccc3cc(C(=O)Nc4ccnc(C)c4)c(-c4cocn4)n3c2)c1. The lowest BCUT2D eigenvalue weighted by Gasteiger charge is -2.09. The van der Waals surface area contributed by atoms with Gasteiger partial charge in [0.05, 0.1) is 18.4 Å². The van der Waals surface area contributed by atoms with Gasteiger partial charge in [0.15, 0.2) is 6.39 Å². The fourth-order valence-corrected chi connectivity index (χ4v) is 3.73. The van der Waals surface area contributed by atoms with Gasteiger partial charge in [0.25, 0.3) is 5.91 Å². The van der Waals surface area contributed by atoms with E-state index in [0.717, 1.165) is 28.1 Å². The van der Waals surface area contributed by atoms with Crippen LogP contribution in [0.15, 0.2) is 84.1 Å². The lowest BCUT2D eigenvalue weighted by atomic mass is 10.1. The first-order valence-corrected chi connectivity index (χ1v) is 10.0. The Balaban J connectivity index is 1.63. The van der Waals surface area contributed by atoms with Crippen LogP contribution in [-0.4, -0.2) is 27.4 Å². The van der Waals surface area contributed by atoms with Gasteiger partial charge in [-0.3, -0.25) is 9.78 Å². The highest BCUT2D eigenvalue weighted by atomic mass is 16.5. The summed E-state index contributed by atoms with van der Waals surface area (Å²) < 4.78 is 12.5. The lowest BCUT2D eigenvalue weighted by Crippen LogP contribution is -2.12. The van der Waals surface area contributed by atoms with Crippen LogP contribution in [0.25, 0.3) is 28.0 Å². The number of pyridine rings is 2. The smallest absolute Gasteiger partial charge is 0.257 e. The first-order chi connectivity index (χ1) is 15.6. The fourth-order valence-electron chi connectivity index (χ4n) is 3.73. The van der Waals surface area contributed by atoms with Crippen LogP contribution in [0.3, 0.4) is 0 Å². The largest absolute Gasteiger partial charge is 0.497 e. The van der Waals surface area contributed by atoms with Crippen LogP contribution in [0, 0.1) is 6.92 Å². The molecule has 0 unspecified atom stereocenters. The molecule has 4 heterocycles. The second-order valence-corrected chi connectivity index (χ2v) is 7.36. The lowest BCUT2D eigenvalue weighted by molar-refractivity contribution is 0.102. The van der Waals surface area contributed by atoms with E-state index in [2.05, 4.69) is 15.3 Å². The van der Waals surface area contributed by atoms with Crippen LogP contribution in [0.4, 0.5) is 5.69 Å². The summed E-state index contributed by atoms with van der Waals surface area (Å²) in [6.45, 7) is 1.88. The van der Waals surface area contributed by atoms with E-state index >= 15 is 0 Å². The van der Waals surface area contributed by atoms with E-state index in [1.54, 1.807) is 19.4 Å². The second-order valence-electron chi connectivity index (χ2n) is 7.36. The van der Waals surface area contributed by atoms with E-state index in [-0.39, 0.29) is 5.91 Å². The van der Waals surface area contributed by atoms with Crippen molar-refractivity contribution >= 4 is 17.1 Å². The summed E-state index contributed by atoms with van der Waals surface area (Å²) in [5, 5.41) is 2.96. The van der Waals surface area contributed by atoms with Crippen LogP contribution >= 0.6 is 0 Å². The molecule has 4 aromatic heterocycles. The van der Waals surface area contributed by atoms with Crippen molar-refractivity contribution in [2.75, 3.05) is 12.4 Å². The number of amides is 1. The number of hydrogen-bond donors (Lipinski definition) is 1. The topological polar surface area (TPSA) is 81.7 Å². The molecule has 0 radical (unpaired) electrons. The second kappa shape index (κ2) is 8.03. The van der Waals surface area contributed by atoms with Crippen molar-refractivity contribution in [1.82, 2.24) is 14.4 Å². The predicted molar refractivity (Wildman–Crippen MR) is 122 cm³/mol. The predicted octanol–water partition coefficient (Wildman–Crippen LogP) is 5.23. The minimum absolute atomic E-state index is 0.236.